The van der Waals surface area contributed by atoms with Gasteiger partial charge >= 0.3 is 5.97 Å². The quantitative estimate of drug-likeness (QED) is 0.547. The molecular weight excluding hydrogens is 230 g/mol. The Morgan fingerprint density at radius 1 is 1.28 bits per heavy atom. The predicted molar refractivity (Wildman–Crippen MR) is 68.4 cm³/mol. The molecule has 94 valence electrons. The number of anilines is 1. The van der Waals surface area contributed by atoms with Gasteiger partial charge in [0.15, 0.2) is 0 Å². The van der Waals surface area contributed by atoms with Gasteiger partial charge in [-0.25, -0.2) is 4.79 Å². The van der Waals surface area contributed by atoms with Crippen molar-refractivity contribution in [3.63, 3.8) is 0 Å². The van der Waals surface area contributed by atoms with Gasteiger partial charge in [0.2, 0.25) is 0 Å². The van der Waals surface area contributed by atoms with Crippen LogP contribution in [0.5, 0.6) is 0 Å². The maximum absolute atomic E-state index is 10.9. The number of ether oxygens (including phenoxy) is 2. The van der Waals surface area contributed by atoms with Crippen LogP contribution < -0.4 is 4.90 Å². The minimum atomic E-state index is -0.521. The van der Waals surface area contributed by atoms with Crippen LogP contribution in [0.25, 0.3) is 0 Å². The first-order chi connectivity index (χ1) is 8.79. The molecule has 0 radical (unpaired) electrons. The fraction of sp³-hybridized carbons (Fsp3) is 0.357. The van der Waals surface area contributed by atoms with Gasteiger partial charge in [0.05, 0.1) is 20.3 Å². The van der Waals surface area contributed by atoms with Crippen molar-refractivity contribution < 1.29 is 14.3 Å². The van der Waals surface area contributed by atoms with Gasteiger partial charge in [-0.1, -0.05) is 5.92 Å². The molecule has 0 spiro atoms. The lowest BCUT2D eigenvalue weighted by Crippen LogP contribution is -2.36. The molecule has 0 bridgehead atoms. The molecule has 0 aromatic heterocycles. The van der Waals surface area contributed by atoms with Gasteiger partial charge < -0.3 is 14.4 Å². The van der Waals surface area contributed by atoms with Gasteiger partial charge in [0.1, 0.15) is 0 Å². The lowest BCUT2D eigenvalue weighted by atomic mass is 10.2. The van der Waals surface area contributed by atoms with Crippen LogP contribution in [0.4, 0.5) is 5.69 Å². The average Bonchev–Trinajstić information content (AvgIpc) is 2.46. The van der Waals surface area contributed by atoms with Crippen LogP contribution in [0.1, 0.15) is 5.56 Å². The van der Waals surface area contributed by atoms with Crippen molar-refractivity contribution >= 4 is 11.7 Å². The van der Waals surface area contributed by atoms with Gasteiger partial charge in [-0.15, -0.1) is 0 Å². The molecule has 1 heterocycles. The van der Waals surface area contributed by atoms with Crippen LogP contribution in [0.3, 0.4) is 0 Å². The molecular formula is C14H15NO3. The van der Waals surface area contributed by atoms with E-state index in [4.69, 9.17) is 4.74 Å². The summed E-state index contributed by atoms with van der Waals surface area (Å²) < 4.78 is 9.76. The third kappa shape index (κ3) is 3.25. The summed E-state index contributed by atoms with van der Waals surface area (Å²) in [7, 11) is 1.32. The first-order valence-electron chi connectivity index (χ1n) is 5.82. The number of esters is 1. The monoisotopic (exact) mass is 245 g/mol. The maximum atomic E-state index is 10.9. The standard InChI is InChI=1S/C14H15NO3/c1-17-14(16)7-4-12-2-5-13(6-3-12)15-8-10-18-11-9-15/h2-3,5-6H,8-11H2,1H3. The Labute approximate surface area is 106 Å². The molecule has 0 atom stereocenters. The topological polar surface area (TPSA) is 38.8 Å². The van der Waals surface area contributed by atoms with Crippen LogP contribution in [-0.4, -0.2) is 39.4 Å². The molecule has 4 heteroatoms. The highest BCUT2D eigenvalue weighted by Gasteiger charge is 2.10. The van der Waals surface area contributed by atoms with Crippen LogP contribution in [-0.2, 0) is 14.3 Å². The zero-order valence-electron chi connectivity index (χ0n) is 10.3. The minimum absolute atomic E-state index is 0.521. The van der Waals surface area contributed by atoms with E-state index in [-0.39, 0.29) is 0 Å². The first kappa shape index (κ1) is 12.5. The molecule has 18 heavy (non-hydrogen) atoms. The van der Waals surface area contributed by atoms with Crippen molar-refractivity contribution in [2.45, 2.75) is 0 Å². The summed E-state index contributed by atoms with van der Waals surface area (Å²) in [5.41, 5.74) is 1.96. The van der Waals surface area contributed by atoms with E-state index in [1.54, 1.807) is 0 Å². The van der Waals surface area contributed by atoms with Crippen molar-refractivity contribution in [2.75, 3.05) is 38.3 Å². The van der Waals surface area contributed by atoms with Crippen LogP contribution in [0.15, 0.2) is 24.3 Å². The van der Waals surface area contributed by atoms with Crippen molar-refractivity contribution in [1.29, 1.82) is 0 Å². The van der Waals surface area contributed by atoms with Crippen molar-refractivity contribution in [2.24, 2.45) is 0 Å². The highest BCUT2D eigenvalue weighted by atomic mass is 16.5. The lowest BCUT2D eigenvalue weighted by molar-refractivity contribution is -0.133. The SMILES string of the molecule is COC(=O)C#Cc1ccc(N2CCOCC2)cc1. The minimum Gasteiger partial charge on any atom is -0.459 e. The van der Waals surface area contributed by atoms with E-state index in [2.05, 4.69) is 21.5 Å². The summed E-state index contributed by atoms with van der Waals surface area (Å²) in [6.45, 7) is 3.36. The largest absolute Gasteiger partial charge is 0.459 e. The summed E-state index contributed by atoms with van der Waals surface area (Å²) in [5, 5.41) is 0. The molecule has 2 rings (SSSR count). The Hall–Kier alpha value is -1.99. The molecule has 1 aliphatic heterocycles. The van der Waals surface area contributed by atoms with Gasteiger partial charge in [-0.2, -0.15) is 0 Å². The zero-order valence-corrected chi connectivity index (χ0v) is 10.3. The number of nitrogens with zero attached hydrogens (tertiary/aromatic N) is 1. The third-order valence-electron chi connectivity index (χ3n) is 2.74. The first-order valence-corrected chi connectivity index (χ1v) is 5.82. The van der Waals surface area contributed by atoms with Gasteiger partial charge in [-0.05, 0) is 24.3 Å². The zero-order chi connectivity index (χ0) is 12.8. The van der Waals surface area contributed by atoms with Crippen LogP contribution in [0, 0.1) is 11.8 Å². The van der Waals surface area contributed by atoms with E-state index < -0.39 is 5.97 Å². The average molecular weight is 245 g/mol. The van der Waals surface area contributed by atoms with E-state index in [0.29, 0.717) is 0 Å². The highest BCUT2D eigenvalue weighted by molar-refractivity contribution is 5.89. The summed E-state index contributed by atoms with van der Waals surface area (Å²) >= 11 is 0. The van der Waals surface area contributed by atoms with E-state index in [1.165, 1.54) is 7.11 Å². The Kier molecular flexibility index (Phi) is 4.21. The summed E-state index contributed by atoms with van der Waals surface area (Å²) in [4.78, 5) is 13.1. The summed E-state index contributed by atoms with van der Waals surface area (Å²) in [5.74, 6) is 4.64. The molecule has 1 saturated heterocycles. The Morgan fingerprint density at radius 2 is 1.94 bits per heavy atom. The number of hydrogen-bond donors (Lipinski definition) is 0. The second-order valence-corrected chi connectivity index (χ2v) is 3.89. The maximum Gasteiger partial charge on any atom is 0.384 e. The smallest absolute Gasteiger partial charge is 0.384 e. The van der Waals surface area contributed by atoms with Crippen molar-refractivity contribution in [3.05, 3.63) is 29.8 Å². The van der Waals surface area contributed by atoms with E-state index in [1.807, 2.05) is 24.3 Å². The highest BCUT2D eigenvalue weighted by Crippen LogP contribution is 2.16. The number of benzene rings is 1. The third-order valence-corrected chi connectivity index (χ3v) is 2.74. The summed E-state index contributed by atoms with van der Waals surface area (Å²) in [6, 6.07) is 7.82. The Morgan fingerprint density at radius 3 is 2.56 bits per heavy atom. The van der Waals surface area contributed by atoms with E-state index in [9.17, 15) is 4.79 Å². The number of rotatable bonds is 1. The fourth-order valence-corrected chi connectivity index (χ4v) is 1.75. The molecule has 4 nitrogen and oxygen atoms in total. The van der Waals surface area contributed by atoms with E-state index in [0.717, 1.165) is 37.6 Å². The second kappa shape index (κ2) is 6.08. The number of carbonyl (C=O) groups is 1. The summed E-state index contributed by atoms with van der Waals surface area (Å²) in [6.07, 6.45) is 0. The van der Waals surface area contributed by atoms with Gasteiger partial charge in [0, 0.05) is 30.3 Å². The molecule has 0 amide bonds. The van der Waals surface area contributed by atoms with Crippen LogP contribution in [0.2, 0.25) is 0 Å². The molecule has 0 saturated carbocycles. The normalized spacial score (nSPS) is 14.6. The predicted octanol–water partition coefficient (Wildman–Crippen LogP) is 1.05. The Balaban J connectivity index is 2.04. The van der Waals surface area contributed by atoms with Crippen molar-refractivity contribution in [1.82, 2.24) is 0 Å². The van der Waals surface area contributed by atoms with Crippen LogP contribution >= 0.6 is 0 Å². The van der Waals surface area contributed by atoms with E-state index >= 15 is 0 Å². The fourth-order valence-electron chi connectivity index (χ4n) is 1.75. The lowest BCUT2D eigenvalue weighted by Gasteiger charge is -2.28. The number of carbonyl (C=O) groups excluding carboxylic acids is 1. The molecule has 0 unspecified atom stereocenters. The number of methoxy groups -OCH3 is 1. The molecule has 0 N–H and O–H groups in total. The van der Waals surface area contributed by atoms with Gasteiger partial charge in [-0.3, -0.25) is 0 Å². The second-order valence-electron chi connectivity index (χ2n) is 3.89. The van der Waals surface area contributed by atoms with Crippen molar-refractivity contribution in [3.8, 4) is 11.8 Å². The number of hydrogen-bond acceptors (Lipinski definition) is 4. The Bertz CT molecular complexity index is 464. The molecule has 1 aliphatic rings. The molecule has 0 aliphatic carbocycles. The van der Waals surface area contributed by atoms with Gasteiger partial charge in [0.25, 0.3) is 0 Å². The number of morpholine rings is 1. The molecule has 1 fully saturated rings. The molecule has 1 aromatic rings. The molecule has 1 aromatic carbocycles.